The molecule has 0 saturated heterocycles. The van der Waals surface area contributed by atoms with E-state index < -0.39 is 0 Å². The third-order valence-electron chi connectivity index (χ3n) is 1.29. The smallest absolute Gasteiger partial charge is 0.119 e. The minimum absolute atomic E-state index is 0.250. The van der Waals surface area contributed by atoms with Crippen LogP contribution in [0.4, 0.5) is 0 Å². The summed E-state index contributed by atoms with van der Waals surface area (Å²) in [6.07, 6.45) is 0. The molecule has 0 aliphatic heterocycles. The summed E-state index contributed by atoms with van der Waals surface area (Å²) in [7, 11) is 0. The van der Waals surface area contributed by atoms with Crippen molar-refractivity contribution in [2.75, 3.05) is 13.2 Å². The third kappa shape index (κ3) is 5.18. The Bertz CT molecular complexity index is 274. The number of hydrogen-bond acceptors (Lipinski definition) is 3. The molecule has 1 aromatic carbocycles. The maximum absolute atomic E-state index is 8.47. The van der Waals surface area contributed by atoms with Gasteiger partial charge in [-0.05, 0) is 38.1 Å². The molecular weight excluding hydrogens is 178 g/mol. The molecule has 0 unspecified atom stereocenters. The topological polar surface area (TPSA) is 53.2 Å². The first kappa shape index (κ1) is 12.5. The van der Waals surface area contributed by atoms with Gasteiger partial charge in [0, 0.05) is 6.61 Å². The highest BCUT2D eigenvalue weighted by Crippen LogP contribution is 2.10. The number of aliphatic hydroxyl groups is 1. The molecule has 0 atom stereocenters. The van der Waals surface area contributed by atoms with Gasteiger partial charge in [-0.3, -0.25) is 0 Å². The first-order chi connectivity index (χ1) is 6.78. The highest BCUT2D eigenvalue weighted by Gasteiger charge is 1.91. The largest absolute Gasteiger partial charge is 0.494 e. The van der Waals surface area contributed by atoms with Gasteiger partial charge in [0.1, 0.15) is 5.75 Å². The van der Waals surface area contributed by atoms with Gasteiger partial charge in [-0.25, -0.2) is 0 Å². The van der Waals surface area contributed by atoms with E-state index in [9.17, 15) is 0 Å². The molecule has 0 saturated carbocycles. The van der Waals surface area contributed by atoms with Gasteiger partial charge >= 0.3 is 0 Å². The SMILES string of the molecule is CCO.CCOc1ccc(C#N)cc1. The van der Waals surface area contributed by atoms with Gasteiger partial charge < -0.3 is 9.84 Å². The summed E-state index contributed by atoms with van der Waals surface area (Å²) in [6.45, 7) is 4.52. The standard InChI is InChI=1S/C9H9NO.C2H6O/c1-2-11-9-5-3-8(7-10)4-6-9;1-2-3/h3-6H,2H2,1H3;3H,2H2,1H3. The zero-order valence-electron chi connectivity index (χ0n) is 8.53. The first-order valence-electron chi connectivity index (χ1n) is 4.52. The predicted octanol–water partition coefficient (Wildman–Crippen LogP) is 1.96. The molecule has 0 heterocycles. The van der Waals surface area contributed by atoms with Crippen LogP contribution in [0.3, 0.4) is 0 Å². The van der Waals surface area contributed by atoms with E-state index in [4.69, 9.17) is 15.1 Å². The first-order valence-corrected chi connectivity index (χ1v) is 4.52. The summed E-state index contributed by atoms with van der Waals surface area (Å²) < 4.78 is 5.20. The Morgan fingerprint density at radius 3 is 2.14 bits per heavy atom. The van der Waals surface area contributed by atoms with Crippen LogP contribution in [-0.4, -0.2) is 18.3 Å². The number of benzene rings is 1. The molecule has 0 aromatic heterocycles. The normalized spacial score (nSPS) is 8.14. The van der Waals surface area contributed by atoms with E-state index in [-0.39, 0.29) is 6.61 Å². The molecule has 3 nitrogen and oxygen atoms in total. The molecule has 1 rings (SSSR count). The number of ether oxygens (including phenoxy) is 1. The van der Waals surface area contributed by atoms with E-state index in [2.05, 4.69) is 0 Å². The lowest BCUT2D eigenvalue weighted by Gasteiger charge is -2.00. The molecule has 0 spiro atoms. The van der Waals surface area contributed by atoms with Gasteiger partial charge in [0.05, 0.1) is 18.2 Å². The van der Waals surface area contributed by atoms with Crippen molar-refractivity contribution in [3.63, 3.8) is 0 Å². The lowest BCUT2D eigenvalue weighted by Crippen LogP contribution is -1.90. The van der Waals surface area contributed by atoms with E-state index in [1.165, 1.54) is 0 Å². The van der Waals surface area contributed by atoms with Gasteiger partial charge in [-0.15, -0.1) is 0 Å². The molecule has 0 bridgehead atoms. The van der Waals surface area contributed by atoms with Gasteiger partial charge in [0.15, 0.2) is 0 Å². The van der Waals surface area contributed by atoms with Crippen molar-refractivity contribution in [2.24, 2.45) is 0 Å². The van der Waals surface area contributed by atoms with Gasteiger partial charge in [0.25, 0.3) is 0 Å². The molecule has 14 heavy (non-hydrogen) atoms. The number of nitrogens with zero attached hydrogens (tertiary/aromatic N) is 1. The molecule has 0 amide bonds. The van der Waals surface area contributed by atoms with Gasteiger partial charge in [-0.2, -0.15) is 5.26 Å². The summed E-state index contributed by atoms with van der Waals surface area (Å²) in [5.41, 5.74) is 0.661. The van der Waals surface area contributed by atoms with E-state index in [0.29, 0.717) is 12.2 Å². The summed E-state index contributed by atoms with van der Waals surface area (Å²) >= 11 is 0. The van der Waals surface area contributed by atoms with Crippen molar-refractivity contribution in [1.29, 1.82) is 5.26 Å². The molecule has 1 N–H and O–H groups in total. The van der Waals surface area contributed by atoms with Gasteiger partial charge in [-0.1, -0.05) is 0 Å². The Hall–Kier alpha value is -1.53. The minimum Gasteiger partial charge on any atom is -0.494 e. The Labute approximate surface area is 84.6 Å². The highest BCUT2D eigenvalue weighted by molar-refractivity contribution is 5.34. The quantitative estimate of drug-likeness (QED) is 0.781. The fourth-order valence-corrected chi connectivity index (χ4v) is 0.792. The molecule has 1 aromatic rings. The van der Waals surface area contributed by atoms with Crippen LogP contribution in [0.15, 0.2) is 24.3 Å². The van der Waals surface area contributed by atoms with Crippen LogP contribution in [0, 0.1) is 11.3 Å². The Kier molecular flexibility index (Phi) is 7.20. The van der Waals surface area contributed by atoms with Crippen molar-refractivity contribution >= 4 is 0 Å². The molecule has 3 heteroatoms. The van der Waals surface area contributed by atoms with Crippen molar-refractivity contribution in [2.45, 2.75) is 13.8 Å². The lowest BCUT2D eigenvalue weighted by atomic mass is 10.2. The second kappa shape index (κ2) is 8.09. The zero-order valence-corrected chi connectivity index (χ0v) is 8.53. The highest BCUT2D eigenvalue weighted by atomic mass is 16.5. The second-order valence-electron chi connectivity index (χ2n) is 2.39. The fraction of sp³-hybridized carbons (Fsp3) is 0.364. The summed E-state index contributed by atoms with van der Waals surface area (Å²) in [4.78, 5) is 0. The Balaban J connectivity index is 0.000000500. The maximum atomic E-state index is 8.47. The molecule has 0 fully saturated rings. The average molecular weight is 193 g/mol. The zero-order chi connectivity index (χ0) is 10.8. The maximum Gasteiger partial charge on any atom is 0.119 e. The van der Waals surface area contributed by atoms with E-state index in [1.807, 2.05) is 13.0 Å². The van der Waals surface area contributed by atoms with Crippen molar-refractivity contribution in [3.05, 3.63) is 29.8 Å². The van der Waals surface area contributed by atoms with Crippen LogP contribution < -0.4 is 4.74 Å². The van der Waals surface area contributed by atoms with Crippen molar-refractivity contribution in [3.8, 4) is 11.8 Å². The van der Waals surface area contributed by atoms with Gasteiger partial charge in [0.2, 0.25) is 0 Å². The van der Waals surface area contributed by atoms with Crippen molar-refractivity contribution in [1.82, 2.24) is 0 Å². The van der Waals surface area contributed by atoms with Crippen LogP contribution in [0.25, 0.3) is 0 Å². The molecule has 0 aliphatic carbocycles. The molecule has 0 aliphatic rings. The molecule has 0 radical (unpaired) electrons. The van der Waals surface area contributed by atoms with E-state index in [1.54, 1.807) is 31.2 Å². The summed E-state index contributed by atoms with van der Waals surface area (Å²) in [5.74, 6) is 0.812. The summed E-state index contributed by atoms with van der Waals surface area (Å²) in [6, 6.07) is 9.11. The number of rotatable bonds is 2. The van der Waals surface area contributed by atoms with Crippen LogP contribution >= 0.6 is 0 Å². The Morgan fingerprint density at radius 1 is 1.29 bits per heavy atom. The van der Waals surface area contributed by atoms with Crippen LogP contribution in [0.2, 0.25) is 0 Å². The predicted molar refractivity (Wildman–Crippen MR) is 55.1 cm³/mol. The van der Waals surface area contributed by atoms with Crippen LogP contribution in [-0.2, 0) is 0 Å². The number of nitriles is 1. The fourth-order valence-electron chi connectivity index (χ4n) is 0.792. The summed E-state index contributed by atoms with van der Waals surface area (Å²) in [5, 5.41) is 16.0. The monoisotopic (exact) mass is 193 g/mol. The van der Waals surface area contributed by atoms with E-state index >= 15 is 0 Å². The average Bonchev–Trinajstić information content (AvgIpc) is 2.21. The lowest BCUT2D eigenvalue weighted by molar-refractivity contribution is 0.318. The molecular formula is C11H15NO2. The Morgan fingerprint density at radius 2 is 1.79 bits per heavy atom. The third-order valence-corrected chi connectivity index (χ3v) is 1.29. The van der Waals surface area contributed by atoms with Crippen LogP contribution in [0.5, 0.6) is 5.75 Å². The molecule has 76 valence electrons. The van der Waals surface area contributed by atoms with E-state index in [0.717, 1.165) is 5.75 Å². The van der Waals surface area contributed by atoms with Crippen molar-refractivity contribution < 1.29 is 9.84 Å². The second-order valence-corrected chi connectivity index (χ2v) is 2.39. The minimum atomic E-state index is 0.250. The number of aliphatic hydroxyl groups excluding tert-OH is 1. The van der Waals surface area contributed by atoms with Crippen LogP contribution in [0.1, 0.15) is 19.4 Å². The number of hydrogen-bond donors (Lipinski definition) is 1.